The fourth-order valence-electron chi connectivity index (χ4n) is 1.31. The molecule has 0 amide bonds. The van der Waals surface area contributed by atoms with Crippen molar-refractivity contribution in [3.05, 3.63) is 55.0 Å². The van der Waals surface area contributed by atoms with Gasteiger partial charge < -0.3 is 0 Å². The lowest BCUT2D eigenvalue weighted by atomic mass is 10.2. The van der Waals surface area contributed by atoms with E-state index < -0.39 is 0 Å². The molecule has 0 nitrogen and oxygen atoms in total. The topological polar surface area (TPSA) is 0 Å². The molecule has 0 heterocycles. The van der Waals surface area contributed by atoms with Crippen molar-refractivity contribution >= 4 is 0 Å². The summed E-state index contributed by atoms with van der Waals surface area (Å²) in [4.78, 5) is 0. The summed E-state index contributed by atoms with van der Waals surface area (Å²) in [6.45, 7) is 0. The predicted molar refractivity (Wildman–Crippen MR) is 63.9 cm³/mol. The van der Waals surface area contributed by atoms with Crippen LogP contribution in [0, 0.1) is 6.42 Å². The summed E-state index contributed by atoms with van der Waals surface area (Å²) in [5, 5.41) is 0. The second-order valence-corrected chi connectivity index (χ2v) is 3.38. The van der Waals surface area contributed by atoms with E-state index in [9.17, 15) is 0 Å². The van der Waals surface area contributed by atoms with Gasteiger partial charge in [0.05, 0.1) is 0 Å². The van der Waals surface area contributed by atoms with E-state index in [0.717, 1.165) is 19.3 Å². The lowest BCUT2D eigenvalue weighted by Crippen LogP contribution is -1.70. The summed E-state index contributed by atoms with van der Waals surface area (Å²) < 4.78 is 0. The molecule has 0 N–H and O–H groups in total. The van der Waals surface area contributed by atoms with E-state index in [1.165, 1.54) is 12.8 Å². The van der Waals surface area contributed by atoms with Crippen LogP contribution in [0.15, 0.2) is 48.6 Å². The summed E-state index contributed by atoms with van der Waals surface area (Å²) >= 11 is 0. The molecule has 0 bridgehead atoms. The minimum absolute atomic E-state index is 1.05. The molecule has 1 aliphatic rings. The molecular weight excluding hydrogens is 168 g/mol. The maximum absolute atomic E-state index is 2.28. The van der Waals surface area contributed by atoms with Gasteiger partial charge in [-0.05, 0) is 32.1 Å². The van der Waals surface area contributed by atoms with E-state index in [1.807, 2.05) is 0 Å². The van der Waals surface area contributed by atoms with Crippen molar-refractivity contribution < 1.29 is 0 Å². The van der Waals surface area contributed by atoms with E-state index >= 15 is 0 Å². The van der Waals surface area contributed by atoms with Crippen molar-refractivity contribution in [3.63, 3.8) is 0 Å². The molecule has 0 unspecified atom stereocenters. The molecule has 0 aromatic rings. The smallest absolute Gasteiger partial charge is 0.00442 e. The largest absolute Gasteiger partial charge is 0.0882 e. The van der Waals surface area contributed by atoms with Gasteiger partial charge in [0.1, 0.15) is 0 Å². The Morgan fingerprint density at radius 3 is 1.86 bits per heavy atom. The maximum atomic E-state index is 2.28. The molecule has 1 radical (unpaired) electrons. The summed E-state index contributed by atoms with van der Waals surface area (Å²) in [5.74, 6) is 0. The highest BCUT2D eigenvalue weighted by molar-refractivity contribution is 5.10. The Hall–Kier alpha value is -1.04. The van der Waals surface area contributed by atoms with Crippen LogP contribution in [-0.2, 0) is 0 Å². The third-order valence-electron chi connectivity index (χ3n) is 2.10. The Morgan fingerprint density at radius 1 is 0.500 bits per heavy atom. The van der Waals surface area contributed by atoms with Crippen LogP contribution >= 0.6 is 0 Å². The van der Waals surface area contributed by atoms with Crippen molar-refractivity contribution in [3.8, 4) is 0 Å². The van der Waals surface area contributed by atoms with Gasteiger partial charge in [-0.3, -0.25) is 0 Å². The molecule has 0 atom stereocenters. The predicted octanol–water partition coefficient (Wildman–Crippen LogP) is 4.38. The molecule has 0 heteroatoms. The van der Waals surface area contributed by atoms with Crippen LogP contribution in [0.1, 0.15) is 32.1 Å². The molecule has 0 fully saturated rings. The third-order valence-corrected chi connectivity index (χ3v) is 2.10. The fraction of sp³-hybridized carbons (Fsp3) is 0.357. The van der Waals surface area contributed by atoms with Gasteiger partial charge >= 0.3 is 0 Å². The molecule has 0 aliphatic heterocycles. The Bertz CT molecular complexity index is 204. The van der Waals surface area contributed by atoms with E-state index in [-0.39, 0.29) is 0 Å². The second kappa shape index (κ2) is 8.55. The van der Waals surface area contributed by atoms with Gasteiger partial charge in [-0.15, -0.1) is 0 Å². The van der Waals surface area contributed by atoms with Crippen LogP contribution < -0.4 is 0 Å². The highest BCUT2D eigenvalue weighted by atomic mass is 13.9. The van der Waals surface area contributed by atoms with Crippen LogP contribution in [-0.4, -0.2) is 0 Å². The number of rotatable bonds is 0. The Kier molecular flexibility index (Phi) is 6.74. The number of allylic oxidation sites excluding steroid dienone is 8. The first-order valence-electron chi connectivity index (χ1n) is 5.45. The molecule has 14 heavy (non-hydrogen) atoms. The monoisotopic (exact) mass is 187 g/mol. The van der Waals surface area contributed by atoms with Crippen molar-refractivity contribution in [2.75, 3.05) is 0 Å². The standard InChI is InChI=1S/C14H19/c1-2-4-6-8-10-12-14-13-11-9-7-5-3-1/h1-5,8,10-11,13H,6-7,9,12,14H2/b4-2+,5-3+,10-8+,13-11+. The first kappa shape index (κ1) is 11.0. The van der Waals surface area contributed by atoms with Crippen LogP contribution in [0.25, 0.3) is 0 Å². The number of hydrogen-bond acceptors (Lipinski definition) is 0. The molecular formula is C14H19. The third kappa shape index (κ3) is 6.47. The zero-order valence-corrected chi connectivity index (χ0v) is 8.73. The Balaban J connectivity index is 2.34. The van der Waals surface area contributed by atoms with Crippen LogP contribution in [0.3, 0.4) is 0 Å². The van der Waals surface area contributed by atoms with Gasteiger partial charge in [0.25, 0.3) is 0 Å². The van der Waals surface area contributed by atoms with E-state index in [1.54, 1.807) is 0 Å². The molecule has 1 rings (SSSR count). The quantitative estimate of drug-likeness (QED) is 0.494. The SMILES string of the molecule is [CH]1/C=C/C/C=C/CC/C=C/CC/C=C/1. The molecule has 0 aromatic carbocycles. The molecule has 0 spiro atoms. The Morgan fingerprint density at radius 2 is 1.07 bits per heavy atom. The second-order valence-electron chi connectivity index (χ2n) is 3.38. The van der Waals surface area contributed by atoms with Gasteiger partial charge in [-0.2, -0.15) is 0 Å². The first-order valence-corrected chi connectivity index (χ1v) is 5.45. The summed E-state index contributed by atoms with van der Waals surface area (Å²) in [6.07, 6.45) is 25.5. The van der Waals surface area contributed by atoms with Crippen molar-refractivity contribution in [2.24, 2.45) is 0 Å². The highest BCUT2D eigenvalue weighted by Crippen LogP contribution is 2.00. The van der Waals surface area contributed by atoms with Crippen molar-refractivity contribution in [2.45, 2.75) is 32.1 Å². The Labute approximate surface area is 87.7 Å². The fourth-order valence-corrected chi connectivity index (χ4v) is 1.31. The van der Waals surface area contributed by atoms with Gasteiger partial charge in [-0.25, -0.2) is 0 Å². The maximum Gasteiger partial charge on any atom is 0.00442 e. The lowest BCUT2D eigenvalue weighted by molar-refractivity contribution is 1.00. The minimum Gasteiger partial charge on any atom is -0.0882 e. The van der Waals surface area contributed by atoms with Gasteiger partial charge in [-0.1, -0.05) is 48.6 Å². The number of hydrogen-bond donors (Lipinski definition) is 0. The molecule has 1 aliphatic carbocycles. The highest BCUT2D eigenvalue weighted by Gasteiger charge is 1.80. The summed E-state index contributed by atoms with van der Waals surface area (Å²) in [6, 6.07) is 0. The van der Waals surface area contributed by atoms with E-state index in [4.69, 9.17) is 0 Å². The van der Waals surface area contributed by atoms with E-state index in [2.05, 4.69) is 55.0 Å². The zero-order chi connectivity index (χ0) is 9.90. The van der Waals surface area contributed by atoms with Crippen molar-refractivity contribution in [1.82, 2.24) is 0 Å². The summed E-state index contributed by atoms with van der Waals surface area (Å²) in [5.41, 5.74) is 0. The zero-order valence-electron chi connectivity index (χ0n) is 8.73. The lowest BCUT2D eigenvalue weighted by Gasteiger charge is -1.90. The van der Waals surface area contributed by atoms with Crippen LogP contribution in [0.5, 0.6) is 0 Å². The summed E-state index contributed by atoms with van der Waals surface area (Å²) in [7, 11) is 0. The molecule has 0 aromatic heterocycles. The molecule has 0 saturated heterocycles. The average molecular weight is 187 g/mol. The van der Waals surface area contributed by atoms with E-state index in [0.29, 0.717) is 0 Å². The van der Waals surface area contributed by atoms with Crippen LogP contribution in [0.4, 0.5) is 0 Å². The van der Waals surface area contributed by atoms with Gasteiger partial charge in [0.2, 0.25) is 0 Å². The van der Waals surface area contributed by atoms with Gasteiger partial charge in [0, 0.05) is 6.42 Å². The first-order chi connectivity index (χ1) is 7.00. The van der Waals surface area contributed by atoms with Crippen molar-refractivity contribution in [1.29, 1.82) is 0 Å². The van der Waals surface area contributed by atoms with Crippen LogP contribution in [0.2, 0.25) is 0 Å². The molecule has 0 saturated carbocycles. The van der Waals surface area contributed by atoms with Gasteiger partial charge in [0.15, 0.2) is 0 Å². The minimum atomic E-state index is 1.05. The average Bonchev–Trinajstić information content (AvgIpc) is 2.22. The molecule has 75 valence electrons. The normalized spacial score (nSPS) is 28.6.